The molecule has 1 heterocycles. The van der Waals surface area contributed by atoms with Gasteiger partial charge in [-0.1, -0.05) is 178 Å². The van der Waals surface area contributed by atoms with E-state index < -0.39 is 0 Å². The Morgan fingerprint density at radius 2 is 0.885 bits per heavy atom. The van der Waals surface area contributed by atoms with Gasteiger partial charge in [-0.15, -0.1) is 0 Å². The monoisotopic (exact) mass is 779 g/mol. The fraction of sp³-hybridized carbons (Fsp3) is 0.0508. The molecular formula is C59H41NO. The van der Waals surface area contributed by atoms with E-state index in [4.69, 9.17) is 4.42 Å². The second kappa shape index (κ2) is 13.7. The molecule has 0 N–H and O–H groups in total. The second-order valence-electron chi connectivity index (χ2n) is 16.9. The molecule has 2 nitrogen and oxygen atoms in total. The van der Waals surface area contributed by atoms with Crippen molar-refractivity contribution in [1.29, 1.82) is 0 Å². The molecule has 0 radical (unpaired) electrons. The highest BCUT2D eigenvalue weighted by Crippen LogP contribution is 2.51. The third-order valence-electron chi connectivity index (χ3n) is 13.1. The first-order valence-electron chi connectivity index (χ1n) is 21.2. The Kier molecular flexibility index (Phi) is 7.92. The predicted octanol–water partition coefficient (Wildman–Crippen LogP) is 16.7. The topological polar surface area (TPSA) is 16.4 Å². The summed E-state index contributed by atoms with van der Waals surface area (Å²) in [6.07, 6.45) is 0. The molecule has 0 saturated heterocycles. The van der Waals surface area contributed by atoms with Gasteiger partial charge in [0, 0.05) is 38.8 Å². The maximum Gasteiger partial charge on any atom is 0.143 e. The van der Waals surface area contributed by atoms with E-state index in [1.165, 1.54) is 66.1 Å². The molecule has 0 aliphatic heterocycles. The molecule has 0 bridgehead atoms. The van der Waals surface area contributed by atoms with Gasteiger partial charge in [0.15, 0.2) is 0 Å². The van der Waals surface area contributed by atoms with Crippen LogP contribution in [-0.4, -0.2) is 0 Å². The van der Waals surface area contributed by atoms with Crippen LogP contribution in [0.2, 0.25) is 0 Å². The van der Waals surface area contributed by atoms with Gasteiger partial charge in [-0.05, 0) is 120 Å². The zero-order valence-electron chi connectivity index (χ0n) is 34.1. The summed E-state index contributed by atoms with van der Waals surface area (Å²) >= 11 is 0. The first-order chi connectivity index (χ1) is 30.0. The number of rotatable bonds is 6. The Morgan fingerprint density at radius 1 is 0.344 bits per heavy atom. The van der Waals surface area contributed by atoms with Crippen LogP contribution < -0.4 is 4.90 Å². The van der Waals surface area contributed by atoms with Crippen molar-refractivity contribution in [3.63, 3.8) is 0 Å². The first kappa shape index (κ1) is 35.3. The molecule has 11 aromatic rings. The summed E-state index contributed by atoms with van der Waals surface area (Å²) in [7, 11) is 0. The Balaban J connectivity index is 0.947. The van der Waals surface area contributed by atoms with Crippen molar-refractivity contribution >= 4 is 60.5 Å². The maximum absolute atomic E-state index is 6.42. The molecule has 0 fully saturated rings. The summed E-state index contributed by atoms with van der Waals surface area (Å²) in [6.45, 7) is 4.71. The lowest BCUT2D eigenvalue weighted by molar-refractivity contribution is 0.660. The van der Waals surface area contributed by atoms with Crippen LogP contribution in [0.4, 0.5) is 17.1 Å². The van der Waals surface area contributed by atoms with Crippen molar-refractivity contribution in [2.75, 3.05) is 4.90 Å². The van der Waals surface area contributed by atoms with Gasteiger partial charge >= 0.3 is 0 Å². The molecule has 0 unspecified atom stereocenters. The fourth-order valence-corrected chi connectivity index (χ4v) is 9.91. The molecule has 1 aliphatic carbocycles. The quantitative estimate of drug-likeness (QED) is 0.156. The third kappa shape index (κ3) is 5.71. The number of furan rings is 1. The summed E-state index contributed by atoms with van der Waals surface area (Å²) in [5.41, 5.74) is 17.6. The number of nitrogens with zero attached hydrogens (tertiary/aromatic N) is 1. The molecule has 12 rings (SSSR count). The van der Waals surface area contributed by atoms with Crippen LogP contribution in [0.1, 0.15) is 25.0 Å². The van der Waals surface area contributed by atoms with Crippen LogP contribution in [-0.2, 0) is 5.41 Å². The molecular weight excluding hydrogens is 739 g/mol. The summed E-state index contributed by atoms with van der Waals surface area (Å²) in [5, 5.41) is 7.16. The van der Waals surface area contributed by atoms with E-state index in [-0.39, 0.29) is 5.41 Å². The van der Waals surface area contributed by atoms with Crippen molar-refractivity contribution in [3.05, 3.63) is 223 Å². The van der Waals surface area contributed by atoms with Crippen LogP contribution in [0.25, 0.3) is 88.0 Å². The van der Waals surface area contributed by atoms with Crippen molar-refractivity contribution < 1.29 is 4.42 Å². The van der Waals surface area contributed by atoms with Gasteiger partial charge < -0.3 is 9.32 Å². The molecule has 2 heteroatoms. The molecule has 288 valence electrons. The number of anilines is 3. The lowest BCUT2D eigenvalue weighted by atomic mass is 9.82. The smallest absolute Gasteiger partial charge is 0.143 e. The number of benzene rings is 10. The SMILES string of the molecule is CC1(C)c2ccccc2-c2ccc(N(c3ccc(-c4ccc(-c5ccccc5)cc4)cc3)c3ccc4c(ccc5cc(-c6cccc7c6oc6ccccc67)ccc54)c3)cc21. The molecule has 1 aliphatic rings. The molecule has 0 amide bonds. The number of hydrogen-bond acceptors (Lipinski definition) is 2. The maximum atomic E-state index is 6.42. The van der Waals surface area contributed by atoms with Crippen LogP contribution in [0.5, 0.6) is 0 Å². The van der Waals surface area contributed by atoms with Crippen LogP contribution in [0, 0.1) is 0 Å². The highest BCUT2D eigenvalue weighted by Gasteiger charge is 2.35. The molecule has 0 saturated carbocycles. The summed E-state index contributed by atoms with van der Waals surface area (Å²) in [6, 6.07) is 77.4. The minimum Gasteiger partial charge on any atom is -0.455 e. The van der Waals surface area contributed by atoms with Gasteiger partial charge in [-0.25, -0.2) is 0 Å². The van der Waals surface area contributed by atoms with Crippen LogP contribution >= 0.6 is 0 Å². The van der Waals surface area contributed by atoms with Crippen LogP contribution in [0.15, 0.2) is 217 Å². The lowest BCUT2D eigenvalue weighted by Gasteiger charge is -2.28. The lowest BCUT2D eigenvalue weighted by Crippen LogP contribution is -2.16. The Bertz CT molecular complexity index is 3480. The second-order valence-corrected chi connectivity index (χ2v) is 16.9. The first-order valence-corrected chi connectivity index (χ1v) is 21.2. The Morgan fingerprint density at radius 3 is 1.67 bits per heavy atom. The van der Waals surface area contributed by atoms with E-state index in [0.29, 0.717) is 0 Å². The van der Waals surface area contributed by atoms with E-state index in [1.54, 1.807) is 0 Å². The minimum absolute atomic E-state index is 0.111. The number of fused-ring (bicyclic) bond motifs is 9. The van der Waals surface area contributed by atoms with Gasteiger partial charge in [0.25, 0.3) is 0 Å². The van der Waals surface area contributed by atoms with Gasteiger partial charge in [0.05, 0.1) is 0 Å². The fourth-order valence-electron chi connectivity index (χ4n) is 9.91. The van der Waals surface area contributed by atoms with Gasteiger partial charge in [-0.3, -0.25) is 0 Å². The molecule has 0 atom stereocenters. The molecule has 10 aromatic carbocycles. The van der Waals surface area contributed by atoms with E-state index in [0.717, 1.165) is 50.1 Å². The summed E-state index contributed by atoms with van der Waals surface area (Å²) < 4.78 is 6.42. The van der Waals surface area contributed by atoms with Crippen molar-refractivity contribution in [1.82, 2.24) is 0 Å². The number of hydrogen-bond donors (Lipinski definition) is 0. The number of para-hydroxylation sites is 2. The van der Waals surface area contributed by atoms with Gasteiger partial charge in [0.2, 0.25) is 0 Å². The van der Waals surface area contributed by atoms with E-state index in [9.17, 15) is 0 Å². The summed E-state index contributed by atoms with van der Waals surface area (Å²) in [5.74, 6) is 0. The molecule has 0 spiro atoms. The minimum atomic E-state index is -0.111. The van der Waals surface area contributed by atoms with Gasteiger partial charge in [-0.2, -0.15) is 0 Å². The zero-order chi connectivity index (χ0) is 40.7. The van der Waals surface area contributed by atoms with E-state index in [2.05, 4.69) is 219 Å². The average Bonchev–Trinajstić information content (AvgIpc) is 3.81. The van der Waals surface area contributed by atoms with Crippen LogP contribution in [0.3, 0.4) is 0 Å². The summed E-state index contributed by atoms with van der Waals surface area (Å²) in [4.78, 5) is 2.42. The third-order valence-corrected chi connectivity index (χ3v) is 13.1. The van der Waals surface area contributed by atoms with Gasteiger partial charge in [0.1, 0.15) is 11.2 Å². The average molecular weight is 780 g/mol. The zero-order valence-corrected chi connectivity index (χ0v) is 34.1. The normalized spacial score (nSPS) is 12.9. The Labute approximate surface area is 355 Å². The van der Waals surface area contributed by atoms with Crippen molar-refractivity contribution in [2.45, 2.75) is 19.3 Å². The largest absolute Gasteiger partial charge is 0.455 e. The Hall–Kier alpha value is -7.68. The van der Waals surface area contributed by atoms with Crippen molar-refractivity contribution in [2.24, 2.45) is 0 Å². The highest BCUT2D eigenvalue weighted by molar-refractivity contribution is 6.12. The molecule has 61 heavy (non-hydrogen) atoms. The van der Waals surface area contributed by atoms with E-state index in [1.807, 2.05) is 12.1 Å². The van der Waals surface area contributed by atoms with E-state index >= 15 is 0 Å². The van der Waals surface area contributed by atoms with Crippen molar-refractivity contribution in [3.8, 4) is 44.5 Å². The highest BCUT2D eigenvalue weighted by atomic mass is 16.3. The molecule has 1 aromatic heterocycles. The standard InChI is InChI=1S/C59H41NO/c1-59(2)55-17-8-6-13-51(55)52-34-31-47(37-56(52)59)60(45-28-25-41(26-29-45)40-21-19-39(20-22-40)38-11-4-3-5-12-38)46-30-33-49-44(36-46)24-23-42-35-43(27-32-48(42)49)50-15-10-16-54-53-14-7-9-18-57(53)61-58(50)54/h3-37H,1-2H3. The predicted molar refractivity (Wildman–Crippen MR) is 257 cm³/mol.